The average Bonchev–Trinajstić information content (AvgIpc) is 2.46. The van der Waals surface area contributed by atoms with Crippen LogP contribution in [0.2, 0.25) is 0 Å². The lowest BCUT2D eigenvalue weighted by molar-refractivity contribution is 0.977. The lowest BCUT2D eigenvalue weighted by Crippen LogP contribution is -2.00. The topological polar surface area (TPSA) is 24.9 Å². The molecule has 0 aliphatic heterocycles. The molecule has 20 heavy (non-hydrogen) atoms. The number of pyridine rings is 1. The summed E-state index contributed by atoms with van der Waals surface area (Å²) in [7, 11) is 0. The van der Waals surface area contributed by atoms with Crippen molar-refractivity contribution in [2.75, 3.05) is 11.9 Å². The molecule has 0 spiro atoms. The molecule has 0 unspecified atom stereocenters. The summed E-state index contributed by atoms with van der Waals surface area (Å²) in [4.78, 5) is 5.80. The van der Waals surface area contributed by atoms with Crippen LogP contribution in [0.5, 0.6) is 0 Å². The molecule has 2 rings (SSSR count). The van der Waals surface area contributed by atoms with Gasteiger partial charge in [-0.1, -0.05) is 24.6 Å². The summed E-state index contributed by atoms with van der Waals surface area (Å²) in [5.41, 5.74) is 4.93. The van der Waals surface area contributed by atoms with E-state index in [1.165, 1.54) is 21.7 Å². The molecule has 1 N–H and O–H groups in total. The minimum absolute atomic E-state index is 0.909. The minimum atomic E-state index is 0.909. The quantitative estimate of drug-likeness (QED) is 0.771. The zero-order chi connectivity index (χ0) is 14.4. The number of aryl methyl sites for hydroxylation is 2. The van der Waals surface area contributed by atoms with Crippen molar-refractivity contribution in [1.82, 2.24) is 4.98 Å². The van der Waals surface area contributed by atoms with Crippen molar-refractivity contribution in [3.63, 3.8) is 0 Å². The van der Waals surface area contributed by atoms with Crippen molar-refractivity contribution >= 4 is 17.4 Å². The van der Waals surface area contributed by atoms with E-state index >= 15 is 0 Å². The van der Waals surface area contributed by atoms with E-state index in [9.17, 15) is 0 Å². The fourth-order valence-corrected chi connectivity index (χ4v) is 2.98. The average molecular weight is 286 g/mol. The first kappa shape index (κ1) is 14.9. The van der Waals surface area contributed by atoms with Crippen molar-refractivity contribution in [3.8, 4) is 0 Å². The molecule has 0 saturated heterocycles. The maximum Gasteiger partial charge on any atom is 0.0526 e. The molecule has 0 aliphatic carbocycles. The Morgan fingerprint density at radius 1 is 1.15 bits per heavy atom. The highest BCUT2D eigenvalue weighted by molar-refractivity contribution is 7.98. The fraction of sp³-hybridized carbons (Fsp3) is 0.353. The Kier molecular flexibility index (Phi) is 5.48. The van der Waals surface area contributed by atoms with Crippen molar-refractivity contribution in [1.29, 1.82) is 0 Å². The number of nitrogens with zero attached hydrogens (tertiary/aromatic N) is 1. The first-order valence-electron chi connectivity index (χ1n) is 7.08. The summed E-state index contributed by atoms with van der Waals surface area (Å²) in [6, 6.07) is 10.8. The third kappa shape index (κ3) is 4.27. The summed E-state index contributed by atoms with van der Waals surface area (Å²) in [6.07, 6.45) is 3.02. The van der Waals surface area contributed by atoms with Crippen molar-refractivity contribution in [3.05, 3.63) is 53.3 Å². The number of anilines is 1. The molecular weight excluding hydrogens is 264 g/mol. The number of hydrogen-bond acceptors (Lipinski definition) is 3. The predicted octanol–water partition coefficient (Wildman–Crippen LogP) is 4.81. The summed E-state index contributed by atoms with van der Waals surface area (Å²) in [5, 5.41) is 3.40. The van der Waals surface area contributed by atoms with Gasteiger partial charge < -0.3 is 5.32 Å². The predicted molar refractivity (Wildman–Crippen MR) is 88.5 cm³/mol. The first-order chi connectivity index (χ1) is 9.69. The molecule has 0 fully saturated rings. The minimum Gasteiger partial charge on any atom is -0.385 e. The third-order valence-corrected chi connectivity index (χ3v) is 4.31. The zero-order valence-corrected chi connectivity index (χ0v) is 13.3. The number of thioether (sulfide) groups is 1. The molecule has 0 bridgehead atoms. The highest BCUT2D eigenvalue weighted by Crippen LogP contribution is 2.26. The molecule has 0 aliphatic rings. The lowest BCUT2D eigenvalue weighted by Gasteiger charge is -2.08. The molecular formula is C17H22N2S. The van der Waals surface area contributed by atoms with Crippen molar-refractivity contribution in [2.24, 2.45) is 0 Å². The fourth-order valence-electron chi connectivity index (χ4n) is 1.95. The van der Waals surface area contributed by atoms with Crippen LogP contribution in [-0.2, 0) is 5.75 Å². The standard InChI is InChI=1S/C17H22N2S/c1-4-8-18-15-7-9-19-16(11-15)12-20-17-10-13(2)5-6-14(17)3/h5-7,9-11H,4,8,12H2,1-3H3,(H,18,19). The number of rotatable bonds is 6. The van der Waals surface area contributed by atoms with E-state index in [1.807, 2.05) is 24.0 Å². The Bertz CT molecular complexity index is 567. The molecule has 2 aromatic rings. The second-order valence-electron chi connectivity index (χ2n) is 5.02. The van der Waals surface area contributed by atoms with E-state index in [4.69, 9.17) is 0 Å². The molecule has 0 radical (unpaired) electrons. The van der Waals surface area contributed by atoms with Crippen LogP contribution in [-0.4, -0.2) is 11.5 Å². The van der Waals surface area contributed by atoms with E-state index < -0.39 is 0 Å². The maximum atomic E-state index is 4.45. The first-order valence-corrected chi connectivity index (χ1v) is 8.06. The van der Waals surface area contributed by atoms with Gasteiger partial charge in [-0.25, -0.2) is 0 Å². The Morgan fingerprint density at radius 3 is 2.80 bits per heavy atom. The largest absolute Gasteiger partial charge is 0.385 e. The summed E-state index contributed by atoms with van der Waals surface area (Å²) in [5.74, 6) is 0.909. The summed E-state index contributed by atoms with van der Waals surface area (Å²) in [6.45, 7) is 7.48. The van der Waals surface area contributed by atoms with Crippen LogP contribution in [0.4, 0.5) is 5.69 Å². The van der Waals surface area contributed by atoms with Crippen LogP contribution in [0, 0.1) is 13.8 Å². The summed E-state index contributed by atoms with van der Waals surface area (Å²) < 4.78 is 0. The summed E-state index contributed by atoms with van der Waals surface area (Å²) >= 11 is 1.86. The molecule has 3 heteroatoms. The van der Waals surface area contributed by atoms with E-state index in [0.717, 1.165) is 24.4 Å². The van der Waals surface area contributed by atoms with Gasteiger partial charge in [-0.2, -0.15) is 0 Å². The normalized spacial score (nSPS) is 10.6. The number of hydrogen-bond donors (Lipinski definition) is 1. The van der Waals surface area contributed by atoms with E-state index in [-0.39, 0.29) is 0 Å². The zero-order valence-electron chi connectivity index (χ0n) is 12.4. The second-order valence-corrected chi connectivity index (χ2v) is 6.04. The van der Waals surface area contributed by atoms with Crippen LogP contribution in [0.25, 0.3) is 0 Å². The van der Waals surface area contributed by atoms with E-state index in [0.29, 0.717) is 0 Å². The lowest BCUT2D eigenvalue weighted by atomic mass is 10.2. The van der Waals surface area contributed by atoms with Gasteiger partial charge in [0.2, 0.25) is 0 Å². The van der Waals surface area contributed by atoms with Crippen molar-refractivity contribution in [2.45, 2.75) is 37.8 Å². The van der Waals surface area contributed by atoms with Crippen LogP contribution in [0.1, 0.15) is 30.2 Å². The monoisotopic (exact) mass is 286 g/mol. The maximum absolute atomic E-state index is 4.45. The molecule has 0 saturated carbocycles. The molecule has 1 aromatic carbocycles. The Morgan fingerprint density at radius 2 is 2.00 bits per heavy atom. The molecule has 0 amide bonds. The van der Waals surface area contributed by atoms with Crippen LogP contribution >= 0.6 is 11.8 Å². The van der Waals surface area contributed by atoms with Gasteiger partial charge in [0.15, 0.2) is 0 Å². The number of nitrogens with one attached hydrogen (secondary N) is 1. The SMILES string of the molecule is CCCNc1ccnc(CSc2cc(C)ccc2C)c1. The van der Waals surface area contributed by atoms with Crippen molar-refractivity contribution < 1.29 is 0 Å². The second kappa shape index (κ2) is 7.34. The van der Waals surface area contributed by atoms with Gasteiger partial charge in [0.1, 0.15) is 0 Å². The van der Waals surface area contributed by atoms with Gasteiger partial charge in [-0.3, -0.25) is 4.98 Å². The van der Waals surface area contributed by atoms with Crippen LogP contribution in [0.15, 0.2) is 41.4 Å². The third-order valence-electron chi connectivity index (χ3n) is 3.11. The number of benzene rings is 1. The number of aromatic nitrogens is 1. The van der Waals surface area contributed by atoms with Crippen LogP contribution < -0.4 is 5.32 Å². The van der Waals surface area contributed by atoms with Gasteiger partial charge in [0.05, 0.1) is 5.69 Å². The molecule has 1 heterocycles. The smallest absolute Gasteiger partial charge is 0.0526 e. The molecule has 2 nitrogen and oxygen atoms in total. The van der Waals surface area contributed by atoms with E-state index in [1.54, 1.807) is 0 Å². The molecule has 106 valence electrons. The van der Waals surface area contributed by atoms with Gasteiger partial charge in [0, 0.05) is 29.1 Å². The van der Waals surface area contributed by atoms with Gasteiger partial charge in [-0.05, 0) is 44.0 Å². The van der Waals surface area contributed by atoms with Crippen LogP contribution in [0.3, 0.4) is 0 Å². The van der Waals surface area contributed by atoms with Gasteiger partial charge in [-0.15, -0.1) is 11.8 Å². The Balaban J connectivity index is 2.01. The Labute approximate surface area is 126 Å². The highest BCUT2D eigenvalue weighted by atomic mass is 32.2. The van der Waals surface area contributed by atoms with E-state index in [2.05, 4.69) is 55.3 Å². The highest BCUT2D eigenvalue weighted by Gasteiger charge is 2.02. The molecule has 0 atom stereocenters. The van der Waals surface area contributed by atoms with Gasteiger partial charge >= 0.3 is 0 Å². The Hall–Kier alpha value is -1.48. The van der Waals surface area contributed by atoms with Gasteiger partial charge in [0.25, 0.3) is 0 Å². The molecule has 1 aromatic heterocycles.